The molecule has 2 heteroatoms. The average molecular weight is 217 g/mol. The largest absolute Gasteiger partial charge is 0.493 e. The fourth-order valence-corrected chi connectivity index (χ4v) is 3.04. The molecule has 3 rings (SSSR count). The van der Waals surface area contributed by atoms with Crippen molar-refractivity contribution in [3.8, 4) is 5.75 Å². The molecule has 2 aliphatic rings. The van der Waals surface area contributed by atoms with Crippen LogP contribution in [-0.2, 0) is 0 Å². The lowest BCUT2D eigenvalue weighted by Gasteiger charge is -2.28. The summed E-state index contributed by atoms with van der Waals surface area (Å²) in [5.74, 6) is 1.76. The Morgan fingerprint density at radius 2 is 1.75 bits per heavy atom. The smallest absolute Gasteiger partial charge is 0.119 e. The van der Waals surface area contributed by atoms with Gasteiger partial charge in [-0.05, 0) is 43.7 Å². The molecule has 1 aromatic carbocycles. The molecular weight excluding hydrogens is 198 g/mol. The van der Waals surface area contributed by atoms with Gasteiger partial charge in [0.15, 0.2) is 0 Å². The molecule has 0 saturated carbocycles. The molecule has 0 aliphatic carbocycles. The molecule has 2 unspecified atom stereocenters. The molecule has 86 valence electrons. The quantitative estimate of drug-likeness (QED) is 0.840. The van der Waals surface area contributed by atoms with Crippen LogP contribution in [-0.4, -0.2) is 18.7 Å². The van der Waals surface area contributed by atoms with Crippen LogP contribution in [0.2, 0.25) is 0 Å². The molecule has 2 saturated heterocycles. The van der Waals surface area contributed by atoms with E-state index in [0.717, 1.165) is 30.4 Å². The Bertz CT molecular complexity index is 326. The fraction of sp³-hybridized carbons (Fsp3) is 0.571. The average Bonchev–Trinajstić information content (AvgIpc) is 2.67. The molecule has 1 aromatic rings. The van der Waals surface area contributed by atoms with Crippen molar-refractivity contribution in [2.75, 3.05) is 6.61 Å². The summed E-state index contributed by atoms with van der Waals surface area (Å²) in [7, 11) is 0. The second-order valence-corrected chi connectivity index (χ2v) is 5.10. The number of para-hydroxylation sites is 1. The predicted octanol–water partition coefficient (Wildman–Crippen LogP) is 2.60. The zero-order valence-electron chi connectivity index (χ0n) is 9.56. The molecule has 0 spiro atoms. The van der Waals surface area contributed by atoms with Crippen molar-refractivity contribution in [2.24, 2.45) is 5.92 Å². The molecule has 2 atom stereocenters. The third kappa shape index (κ3) is 2.22. The maximum absolute atomic E-state index is 5.84. The summed E-state index contributed by atoms with van der Waals surface area (Å²) in [6.45, 7) is 0.888. The van der Waals surface area contributed by atoms with Crippen molar-refractivity contribution in [2.45, 2.75) is 37.8 Å². The van der Waals surface area contributed by atoms with Crippen LogP contribution >= 0.6 is 0 Å². The minimum absolute atomic E-state index is 0.749. The molecule has 2 fully saturated rings. The first-order valence-electron chi connectivity index (χ1n) is 6.34. The SMILES string of the molecule is c1ccc(OCC2CC3CCC(C2)N3)cc1. The van der Waals surface area contributed by atoms with Gasteiger partial charge in [0, 0.05) is 12.1 Å². The first kappa shape index (κ1) is 10.2. The van der Waals surface area contributed by atoms with Crippen molar-refractivity contribution in [1.29, 1.82) is 0 Å². The van der Waals surface area contributed by atoms with Gasteiger partial charge in [0.1, 0.15) is 5.75 Å². The van der Waals surface area contributed by atoms with E-state index in [9.17, 15) is 0 Å². The highest BCUT2D eigenvalue weighted by Gasteiger charge is 2.33. The summed E-state index contributed by atoms with van der Waals surface area (Å²) in [5, 5.41) is 3.66. The van der Waals surface area contributed by atoms with E-state index in [0.29, 0.717) is 0 Å². The second-order valence-electron chi connectivity index (χ2n) is 5.10. The Labute approximate surface area is 97.0 Å². The number of hydrogen-bond donors (Lipinski definition) is 1. The molecule has 0 radical (unpaired) electrons. The van der Waals surface area contributed by atoms with Gasteiger partial charge in [0.05, 0.1) is 6.61 Å². The number of fused-ring (bicyclic) bond motifs is 2. The first-order valence-corrected chi connectivity index (χ1v) is 6.34. The van der Waals surface area contributed by atoms with Crippen LogP contribution in [0.15, 0.2) is 30.3 Å². The normalized spacial score (nSPS) is 32.6. The van der Waals surface area contributed by atoms with E-state index in [1.807, 2.05) is 30.3 Å². The standard InChI is InChI=1S/C14H19NO/c1-2-4-14(5-3-1)16-10-11-8-12-6-7-13(9-11)15-12/h1-5,11-13,15H,6-10H2. The monoisotopic (exact) mass is 217 g/mol. The lowest BCUT2D eigenvalue weighted by molar-refractivity contribution is 0.190. The van der Waals surface area contributed by atoms with Crippen LogP contribution in [0.3, 0.4) is 0 Å². The summed E-state index contributed by atoms with van der Waals surface area (Å²) >= 11 is 0. The van der Waals surface area contributed by atoms with Gasteiger partial charge >= 0.3 is 0 Å². The van der Waals surface area contributed by atoms with Gasteiger partial charge in [-0.15, -0.1) is 0 Å². The van der Waals surface area contributed by atoms with Crippen molar-refractivity contribution in [3.05, 3.63) is 30.3 Å². The lowest BCUT2D eigenvalue weighted by Crippen LogP contribution is -2.39. The zero-order chi connectivity index (χ0) is 10.8. The Kier molecular flexibility index (Phi) is 2.83. The van der Waals surface area contributed by atoms with E-state index in [-0.39, 0.29) is 0 Å². The molecule has 1 N–H and O–H groups in total. The predicted molar refractivity (Wildman–Crippen MR) is 64.6 cm³/mol. The third-order valence-electron chi connectivity index (χ3n) is 3.80. The summed E-state index contributed by atoms with van der Waals surface area (Å²) < 4.78 is 5.84. The van der Waals surface area contributed by atoms with Crippen LogP contribution in [0.4, 0.5) is 0 Å². The van der Waals surface area contributed by atoms with Crippen LogP contribution < -0.4 is 10.1 Å². The molecule has 0 amide bonds. The van der Waals surface area contributed by atoms with E-state index in [1.54, 1.807) is 0 Å². The van der Waals surface area contributed by atoms with Crippen LogP contribution in [0.1, 0.15) is 25.7 Å². The molecule has 16 heavy (non-hydrogen) atoms. The number of hydrogen-bond acceptors (Lipinski definition) is 2. The lowest BCUT2D eigenvalue weighted by atomic mass is 9.93. The van der Waals surface area contributed by atoms with Crippen LogP contribution in [0.25, 0.3) is 0 Å². The molecule has 2 bridgehead atoms. The number of nitrogens with one attached hydrogen (secondary N) is 1. The van der Waals surface area contributed by atoms with Gasteiger partial charge in [0.25, 0.3) is 0 Å². The molecular formula is C14H19NO. The van der Waals surface area contributed by atoms with Gasteiger partial charge in [-0.25, -0.2) is 0 Å². The Hall–Kier alpha value is -1.02. The highest BCUT2D eigenvalue weighted by Crippen LogP contribution is 2.31. The van der Waals surface area contributed by atoms with Crippen molar-refractivity contribution in [1.82, 2.24) is 5.32 Å². The van der Waals surface area contributed by atoms with Crippen molar-refractivity contribution in [3.63, 3.8) is 0 Å². The van der Waals surface area contributed by atoms with E-state index in [2.05, 4.69) is 5.32 Å². The molecule has 2 nitrogen and oxygen atoms in total. The Morgan fingerprint density at radius 3 is 2.44 bits per heavy atom. The van der Waals surface area contributed by atoms with Crippen molar-refractivity contribution < 1.29 is 4.74 Å². The topological polar surface area (TPSA) is 21.3 Å². The van der Waals surface area contributed by atoms with Gasteiger partial charge in [-0.2, -0.15) is 0 Å². The van der Waals surface area contributed by atoms with E-state index >= 15 is 0 Å². The maximum Gasteiger partial charge on any atom is 0.119 e. The number of benzene rings is 1. The van der Waals surface area contributed by atoms with Gasteiger partial charge in [-0.1, -0.05) is 18.2 Å². The summed E-state index contributed by atoms with van der Waals surface area (Å²) in [6.07, 6.45) is 5.33. The minimum Gasteiger partial charge on any atom is -0.493 e. The highest BCUT2D eigenvalue weighted by atomic mass is 16.5. The first-order chi connectivity index (χ1) is 7.90. The number of ether oxygens (including phenoxy) is 1. The summed E-state index contributed by atoms with van der Waals surface area (Å²) in [5.41, 5.74) is 0. The van der Waals surface area contributed by atoms with Crippen LogP contribution in [0.5, 0.6) is 5.75 Å². The molecule has 2 aliphatic heterocycles. The van der Waals surface area contributed by atoms with Gasteiger partial charge < -0.3 is 10.1 Å². The van der Waals surface area contributed by atoms with E-state index in [1.165, 1.54) is 25.7 Å². The van der Waals surface area contributed by atoms with Gasteiger partial charge in [0.2, 0.25) is 0 Å². The third-order valence-corrected chi connectivity index (χ3v) is 3.80. The van der Waals surface area contributed by atoms with Crippen molar-refractivity contribution >= 4 is 0 Å². The van der Waals surface area contributed by atoms with E-state index in [4.69, 9.17) is 4.74 Å². The number of piperidine rings is 1. The fourth-order valence-electron chi connectivity index (χ4n) is 3.04. The summed E-state index contributed by atoms with van der Waals surface area (Å²) in [6, 6.07) is 11.7. The van der Waals surface area contributed by atoms with Crippen LogP contribution in [0, 0.1) is 5.92 Å². The Balaban J connectivity index is 1.52. The highest BCUT2D eigenvalue weighted by molar-refractivity contribution is 5.20. The van der Waals surface area contributed by atoms with E-state index < -0.39 is 0 Å². The summed E-state index contributed by atoms with van der Waals surface area (Å²) in [4.78, 5) is 0. The zero-order valence-corrected chi connectivity index (χ0v) is 9.56. The molecule has 0 aromatic heterocycles. The van der Waals surface area contributed by atoms with Gasteiger partial charge in [-0.3, -0.25) is 0 Å². The Morgan fingerprint density at radius 1 is 1.06 bits per heavy atom. The second kappa shape index (κ2) is 4.46. The number of rotatable bonds is 3. The molecule has 2 heterocycles. The minimum atomic E-state index is 0.749. The maximum atomic E-state index is 5.84.